The SMILES string of the molecule is C.C.CCC(C)C.CCC(C)C.CCC(C)C.CCC(C)C.CCC(C)CC.CCC(C)CC.CCC(C)CC.CCC(C)CC.CCC(C)CC.CCC(C)CC.CCC(C)CC.CCC(C)CC.CCC(C)CC.CCC(C)CC.CCC(C)OCCOCCOCCOc1ccccc1.CCCC(COC(C)CC)Oc1ccccc1.O=C=O.O=C=O. The molecule has 0 bridgehead atoms. The summed E-state index contributed by atoms with van der Waals surface area (Å²) in [5.41, 5.74) is 0. The first-order chi connectivity index (χ1) is 58.1. The summed E-state index contributed by atoms with van der Waals surface area (Å²) in [7, 11) is 0. The van der Waals surface area contributed by atoms with Gasteiger partial charge in [-0.2, -0.15) is 19.2 Å². The Morgan fingerprint density at radius 3 is 0.576 bits per heavy atom. The average molecular weight is 1790 g/mol. The van der Waals surface area contributed by atoms with Crippen LogP contribution in [0.2, 0.25) is 0 Å². The molecule has 0 amide bonds. The third-order valence-corrected chi connectivity index (χ3v) is 22.8. The Morgan fingerprint density at radius 1 is 0.232 bits per heavy atom. The van der Waals surface area contributed by atoms with Gasteiger partial charge in [0.1, 0.15) is 24.2 Å². The number of carbonyl (C=O) groups excluding carboxylic acids is 4. The van der Waals surface area contributed by atoms with Gasteiger partial charge >= 0.3 is 12.3 Å². The Balaban J connectivity index is -0.0000000625. The maximum absolute atomic E-state index is 8.12. The minimum absolute atomic E-state index is 0. The summed E-state index contributed by atoms with van der Waals surface area (Å²) in [6.07, 6.45) is 37.3. The molecule has 3 unspecified atom stereocenters. The molecule has 125 heavy (non-hydrogen) atoms. The van der Waals surface area contributed by atoms with Crippen LogP contribution in [0, 0.1) is 82.9 Å². The van der Waals surface area contributed by atoms with Gasteiger partial charge in [-0.1, -0.05) is 523 Å². The maximum Gasteiger partial charge on any atom is 0.373 e. The molecular weight excluding hydrogens is 1540 g/mol. The fourth-order valence-corrected chi connectivity index (χ4v) is 5.95. The molecule has 2 rings (SSSR count). The zero-order valence-electron chi connectivity index (χ0n) is 93.4. The summed E-state index contributed by atoms with van der Waals surface area (Å²) >= 11 is 0. The number of ether oxygens (including phenoxy) is 6. The number of hydrogen-bond acceptors (Lipinski definition) is 10. The Morgan fingerprint density at radius 2 is 0.408 bits per heavy atom. The molecule has 2 aromatic carbocycles. The van der Waals surface area contributed by atoms with Crippen LogP contribution in [0.4, 0.5) is 0 Å². The first-order valence-corrected chi connectivity index (χ1v) is 51.8. The highest BCUT2D eigenvalue weighted by molar-refractivity contribution is 5.22. The molecule has 0 saturated carbocycles. The van der Waals surface area contributed by atoms with Gasteiger partial charge in [0, 0.05) is 0 Å². The molecule has 0 heterocycles. The Labute approximate surface area is 795 Å². The van der Waals surface area contributed by atoms with Crippen LogP contribution in [0.1, 0.15) is 520 Å². The first kappa shape index (κ1) is 165. The van der Waals surface area contributed by atoms with Crippen LogP contribution < -0.4 is 9.47 Å². The Kier molecular flexibility index (Phi) is 200. The molecule has 3 atom stereocenters. The summed E-state index contributed by atoms with van der Waals surface area (Å²) in [5, 5.41) is 0. The lowest BCUT2D eigenvalue weighted by Gasteiger charge is -2.20. The number of benzene rings is 2. The topological polar surface area (TPSA) is 124 Å². The van der Waals surface area contributed by atoms with Gasteiger partial charge in [-0.15, -0.1) is 0 Å². The predicted octanol–water partition coefficient (Wildman–Crippen LogP) is 39.7. The lowest BCUT2D eigenvalue weighted by molar-refractivity contribution is -0.193. The van der Waals surface area contributed by atoms with Crippen LogP contribution in [0.15, 0.2) is 60.7 Å². The molecule has 0 aliphatic carbocycles. The van der Waals surface area contributed by atoms with Crippen molar-refractivity contribution in [2.24, 2.45) is 82.9 Å². The predicted molar refractivity (Wildman–Crippen MR) is 572 cm³/mol. The van der Waals surface area contributed by atoms with E-state index in [-0.39, 0.29) is 33.3 Å². The van der Waals surface area contributed by atoms with Crippen LogP contribution in [-0.2, 0) is 38.1 Å². The first-order valence-electron chi connectivity index (χ1n) is 51.8. The van der Waals surface area contributed by atoms with Gasteiger partial charge in [-0.25, -0.2) is 0 Å². The molecule has 2 aromatic rings. The standard InChI is InChI=1S/C16H26O4.C15H24O2.10C6H14.4C5H12.2CO2.2CH4/c1-3-15(2)19-13-11-17-9-10-18-12-14-20-16-7-5-4-6-8-16;1-4-9-15(12-16-13(3)5-2)17-14-10-7-6-8-11-14;10*1-4-6(3)5-2;4*1-4-5(2)3;2*2-1-3;;/h4-8,15H,3,9-14H2,1-2H3;6-8,10-11,13,15H,4-5,9,12H2,1-3H3;10*6H,4-5H2,1-3H3;4*5H,4H2,1-3H3;;;2*1H4. The lowest BCUT2D eigenvalue weighted by Crippen LogP contribution is -2.25. The van der Waals surface area contributed by atoms with Crippen LogP contribution in [0.3, 0.4) is 0 Å². The Bertz CT molecular complexity index is 1740. The number of para-hydroxylation sites is 2. The molecule has 10 nitrogen and oxygen atoms in total. The van der Waals surface area contributed by atoms with Crippen molar-refractivity contribution >= 4 is 12.3 Å². The van der Waals surface area contributed by atoms with Gasteiger partial charge in [0.15, 0.2) is 0 Å². The zero-order chi connectivity index (χ0) is 99.4. The van der Waals surface area contributed by atoms with Crippen molar-refractivity contribution < 1.29 is 47.6 Å². The fraction of sp³-hybridized carbons (Fsp3) is 0.878. The van der Waals surface area contributed by atoms with E-state index in [1.54, 1.807) is 0 Å². The van der Waals surface area contributed by atoms with Crippen molar-refractivity contribution in [2.75, 3.05) is 46.2 Å². The third kappa shape index (κ3) is 211. The molecule has 0 aliphatic heterocycles. The van der Waals surface area contributed by atoms with E-state index in [0.717, 1.165) is 120 Å². The summed E-state index contributed by atoms with van der Waals surface area (Å²) in [6.45, 7) is 109. The quantitative estimate of drug-likeness (QED) is 0.0593. The highest BCUT2D eigenvalue weighted by Crippen LogP contribution is 2.16. The molecule has 0 radical (unpaired) electrons. The van der Waals surface area contributed by atoms with Crippen LogP contribution in [0.25, 0.3) is 0 Å². The lowest BCUT2D eigenvalue weighted by atomic mass is 10.1. The minimum atomic E-state index is 0. The highest BCUT2D eigenvalue weighted by atomic mass is 16.6. The van der Waals surface area contributed by atoms with Crippen molar-refractivity contribution in [1.82, 2.24) is 0 Å². The van der Waals surface area contributed by atoms with Gasteiger partial charge in [-0.05, 0) is 140 Å². The largest absolute Gasteiger partial charge is 0.491 e. The molecule has 10 heteroatoms. The maximum atomic E-state index is 8.12. The number of hydrogen-bond donors (Lipinski definition) is 0. The van der Waals surface area contributed by atoms with Gasteiger partial charge in [0.2, 0.25) is 0 Å². The van der Waals surface area contributed by atoms with E-state index in [1.807, 2.05) is 60.7 Å². The van der Waals surface area contributed by atoms with E-state index in [0.29, 0.717) is 58.5 Å². The van der Waals surface area contributed by atoms with E-state index < -0.39 is 0 Å². The molecule has 766 valence electrons. The summed E-state index contributed by atoms with van der Waals surface area (Å²) < 4.78 is 33.5. The molecule has 0 N–H and O–H groups in total. The second-order valence-electron chi connectivity index (χ2n) is 35.5. The zero-order valence-corrected chi connectivity index (χ0v) is 93.4. The second-order valence-corrected chi connectivity index (χ2v) is 35.5. The Hall–Kier alpha value is -3.36. The van der Waals surface area contributed by atoms with Crippen LogP contribution in [0.5, 0.6) is 11.5 Å². The van der Waals surface area contributed by atoms with Crippen molar-refractivity contribution in [1.29, 1.82) is 0 Å². The minimum Gasteiger partial charge on any atom is -0.491 e. The molecule has 0 fully saturated rings. The molecule has 0 aliphatic rings. The number of rotatable bonds is 44. The van der Waals surface area contributed by atoms with Crippen LogP contribution >= 0.6 is 0 Å². The van der Waals surface area contributed by atoms with Gasteiger partial charge < -0.3 is 28.4 Å². The van der Waals surface area contributed by atoms with E-state index in [4.69, 9.17) is 47.6 Å². The van der Waals surface area contributed by atoms with Crippen LogP contribution in [-0.4, -0.2) is 76.9 Å². The summed E-state index contributed by atoms with van der Waals surface area (Å²) in [6, 6.07) is 19.7. The van der Waals surface area contributed by atoms with Gasteiger partial charge in [0.05, 0.1) is 51.8 Å². The molecule has 0 aromatic heterocycles. The van der Waals surface area contributed by atoms with Gasteiger partial charge in [-0.3, -0.25) is 0 Å². The van der Waals surface area contributed by atoms with E-state index in [9.17, 15) is 0 Å². The van der Waals surface area contributed by atoms with Crippen molar-refractivity contribution in [2.45, 2.75) is 538 Å². The highest BCUT2D eigenvalue weighted by Gasteiger charge is 2.12. The molecular formula is C115H246O10. The van der Waals surface area contributed by atoms with E-state index in [1.165, 1.54) is 154 Å². The van der Waals surface area contributed by atoms with E-state index in [2.05, 4.69) is 325 Å². The molecule has 0 saturated heterocycles. The summed E-state index contributed by atoms with van der Waals surface area (Å²) in [5.74, 6) is 14.7. The van der Waals surface area contributed by atoms with E-state index >= 15 is 0 Å². The fourth-order valence-electron chi connectivity index (χ4n) is 5.95. The second kappa shape index (κ2) is 152. The monoisotopic (exact) mass is 1790 g/mol. The van der Waals surface area contributed by atoms with Crippen molar-refractivity contribution in [3.63, 3.8) is 0 Å². The smallest absolute Gasteiger partial charge is 0.373 e. The van der Waals surface area contributed by atoms with Crippen molar-refractivity contribution in [3.8, 4) is 11.5 Å². The normalized spacial score (nSPS) is 10.4. The summed E-state index contributed by atoms with van der Waals surface area (Å²) in [4.78, 5) is 32.5. The van der Waals surface area contributed by atoms with Crippen molar-refractivity contribution in [3.05, 3.63) is 60.7 Å². The average Bonchev–Trinajstić information content (AvgIpc) is 0.925. The molecule has 0 spiro atoms. The van der Waals surface area contributed by atoms with Gasteiger partial charge in [0.25, 0.3) is 0 Å². The third-order valence-electron chi connectivity index (χ3n) is 22.8.